The van der Waals surface area contributed by atoms with Crippen LogP contribution in [0.4, 0.5) is 17.2 Å². The van der Waals surface area contributed by atoms with Gasteiger partial charge in [0.15, 0.2) is 0 Å². The summed E-state index contributed by atoms with van der Waals surface area (Å²) in [5.74, 6) is 2.42. The molecule has 0 N–H and O–H groups in total. The number of aryl methyl sites for hydroxylation is 4. The van der Waals surface area contributed by atoms with Gasteiger partial charge in [-0.1, -0.05) is 96.8 Å². The fourth-order valence-electron chi connectivity index (χ4n) is 10.7. The third kappa shape index (κ3) is 5.28. The van der Waals surface area contributed by atoms with E-state index in [4.69, 9.17) is 19.7 Å². The van der Waals surface area contributed by atoms with Gasteiger partial charge in [0.1, 0.15) is 22.8 Å². The summed E-state index contributed by atoms with van der Waals surface area (Å²) in [6.45, 7) is 29.5. The highest BCUT2D eigenvalue weighted by molar-refractivity contribution is 6.11. The van der Waals surface area contributed by atoms with Gasteiger partial charge in [-0.15, -0.1) is 0 Å². The van der Waals surface area contributed by atoms with Gasteiger partial charge < -0.3 is 4.74 Å². The molecule has 5 heterocycles. The third-order valence-corrected chi connectivity index (χ3v) is 14.4. The fraction of sp³-hybridized carbons (Fsp3) is 0.352. The Balaban J connectivity index is 1.20. The molecule has 4 aromatic carbocycles. The van der Waals surface area contributed by atoms with Crippen LogP contribution < -0.4 is 4.90 Å². The van der Waals surface area contributed by atoms with Crippen molar-refractivity contribution in [2.24, 2.45) is 10.4 Å². The summed E-state index contributed by atoms with van der Waals surface area (Å²) >= 11 is 0. The molecule has 6 heteroatoms. The Hall–Kier alpha value is -5.75. The van der Waals surface area contributed by atoms with Gasteiger partial charge in [0, 0.05) is 46.0 Å². The summed E-state index contributed by atoms with van der Waals surface area (Å²) in [6.07, 6.45) is 4.69. The molecule has 3 aliphatic rings. The van der Waals surface area contributed by atoms with E-state index in [1.807, 2.05) is 12.4 Å². The van der Waals surface area contributed by atoms with Gasteiger partial charge in [-0.05, 0) is 134 Å². The average molecular weight is 792 g/mol. The molecule has 0 unspecified atom stereocenters. The van der Waals surface area contributed by atoms with E-state index in [2.05, 4.69) is 184 Å². The summed E-state index contributed by atoms with van der Waals surface area (Å²) in [4.78, 5) is 18.1. The SMILES string of the molecule is Cc1ccc2c(c1)C(C)(C)c1cc3c4cc(C)ccc4n(-c4cc(C(C)(C)C)ccn4)c3cc1N2c1cc(C2=N[C@]3(C)c4cc(C)c(C)cc4C[C@]3(C(C)(C)C)O2)ccn1. The Morgan fingerprint density at radius 1 is 0.617 bits per heavy atom. The molecule has 0 saturated carbocycles. The van der Waals surface area contributed by atoms with Crippen molar-refractivity contribution >= 4 is 44.9 Å². The van der Waals surface area contributed by atoms with E-state index in [1.165, 1.54) is 60.8 Å². The molecule has 0 saturated heterocycles. The van der Waals surface area contributed by atoms with Crippen LogP contribution in [-0.4, -0.2) is 26.0 Å². The van der Waals surface area contributed by atoms with Crippen molar-refractivity contribution in [1.82, 2.24) is 14.5 Å². The van der Waals surface area contributed by atoms with Crippen LogP contribution in [0.1, 0.15) is 118 Å². The summed E-state index contributed by atoms with van der Waals surface area (Å²) in [5.41, 5.74) is 15.3. The van der Waals surface area contributed by atoms with Crippen molar-refractivity contribution in [3.63, 3.8) is 0 Å². The van der Waals surface area contributed by atoms with E-state index >= 15 is 0 Å². The van der Waals surface area contributed by atoms with Crippen molar-refractivity contribution in [3.8, 4) is 5.82 Å². The van der Waals surface area contributed by atoms with Crippen molar-refractivity contribution in [2.45, 2.75) is 118 Å². The van der Waals surface area contributed by atoms with E-state index < -0.39 is 11.1 Å². The maximum absolute atomic E-state index is 7.31. The summed E-state index contributed by atoms with van der Waals surface area (Å²) in [6, 6.07) is 31.8. The number of rotatable bonds is 3. The van der Waals surface area contributed by atoms with Crippen molar-refractivity contribution < 1.29 is 4.74 Å². The molecular weight excluding hydrogens is 735 g/mol. The van der Waals surface area contributed by atoms with Crippen LogP contribution in [0.5, 0.6) is 0 Å². The molecule has 0 radical (unpaired) electrons. The van der Waals surface area contributed by atoms with Gasteiger partial charge in [0.2, 0.25) is 5.90 Å². The van der Waals surface area contributed by atoms with Crippen molar-refractivity contribution in [3.05, 3.63) is 153 Å². The molecule has 1 aliphatic carbocycles. The number of nitrogens with zero attached hydrogens (tertiary/aromatic N) is 5. The zero-order valence-corrected chi connectivity index (χ0v) is 37.6. The zero-order chi connectivity index (χ0) is 42.5. The van der Waals surface area contributed by atoms with Crippen LogP contribution in [0.15, 0.2) is 102 Å². The Kier molecular flexibility index (Phi) is 7.95. The Morgan fingerprint density at radius 2 is 1.28 bits per heavy atom. The zero-order valence-electron chi connectivity index (χ0n) is 37.6. The Labute approximate surface area is 355 Å². The fourth-order valence-corrected chi connectivity index (χ4v) is 10.7. The van der Waals surface area contributed by atoms with Crippen LogP contribution >= 0.6 is 0 Å². The molecule has 2 aliphatic heterocycles. The number of anilines is 3. The normalized spacial score (nSPS) is 20.5. The standard InChI is InChI=1S/C54H57N5O/c1-31-14-16-43-38(22-31)39-28-42-46(29-45(39)58(43)48-27-37(19-21-56-48)50(5,6)7)59(44-17-15-32(2)23-41(44)52(42,11)12)47-26-35(18-20-55-47)49-57-53(13)40-25-34(4)33(3)24-36(40)30-54(53,60-49)51(8,9)10/h14-29H,30H2,1-13H3/t53-,54-/m1/s1. The predicted octanol–water partition coefficient (Wildman–Crippen LogP) is 13.2. The quantitative estimate of drug-likeness (QED) is 0.179. The van der Waals surface area contributed by atoms with Crippen molar-refractivity contribution in [1.29, 1.82) is 0 Å². The second-order valence-electron chi connectivity index (χ2n) is 20.7. The molecule has 2 atom stereocenters. The Morgan fingerprint density at radius 3 is 2.03 bits per heavy atom. The second-order valence-corrected chi connectivity index (χ2v) is 20.7. The molecule has 7 aromatic rings. The van der Waals surface area contributed by atoms with Crippen LogP contribution in [0.2, 0.25) is 0 Å². The molecule has 60 heavy (non-hydrogen) atoms. The lowest BCUT2D eigenvalue weighted by Gasteiger charge is -2.45. The first kappa shape index (κ1) is 38.5. The lowest BCUT2D eigenvalue weighted by atomic mass is 9.66. The van der Waals surface area contributed by atoms with Crippen LogP contribution in [-0.2, 0) is 27.5 Å². The minimum atomic E-state index is -0.542. The van der Waals surface area contributed by atoms with Crippen molar-refractivity contribution in [2.75, 3.05) is 4.90 Å². The maximum Gasteiger partial charge on any atom is 0.217 e. The molecule has 6 nitrogen and oxygen atoms in total. The van der Waals surface area contributed by atoms with E-state index in [9.17, 15) is 0 Å². The average Bonchev–Trinajstić information content (AvgIpc) is 3.76. The second kappa shape index (κ2) is 12.4. The van der Waals surface area contributed by atoms with Gasteiger partial charge in [0.25, 0.3) is 0 Å². The number of aromatic nitrogens is 3. The smallest absolute Gasteiger partial charge is 0.217 e. The molecule has 0 bridgehead atoms. The first-order valence-corrected chi connectivity index (χ1v) is 21.6. The third-order valence-electron chi connectivity index (χ3n) is 14.4. The Bertz CT molecular complexity index is 3010. The van der Waals surface area contributed by atoms with Crippen LogP contribution in [0.25, 0.3) is 27.6 Å². The number of hydrogen-bond acceptors (Lipinski definition) is 5. The first-order chi connectivity index (χ1) is 28.2. The van der Waals surface area contributed by atoms with Crippen LogP contribution in [0.3, 0.4) is 0 Å². The number of aliphatic imine (C=N–C) groups is 1. The molecule has 3 aromatic heterocycles. The number of hydrogen-bond donors (Lipinski definition) is 0. The minimum absolute atomic E-state index is 0.0250. The number of pyridine rings is 2. The summed E-state index contributed by atoms with van der Waals surface area (Å²) < 4.78 is 9.67. The van der Waals surface area contributed by atoms with E-state index in [0.717, 1.165) is 46.0 Å². The van der Waals surface area contributed by atoms with E-state index in [-0.39, 0.29) is 16.2 Å². The molecule has 10 rings (SSSR count). The van der Waals surface area contributed by atoms with Gasteiger partial charge in [-0.2, -0.15) is 0 Å². The number of fused-ring (bicyclic) bond motifs is 8. The molecule has 0 fully saturated rings. The maximum atomic E-state index is 7.31. The van der Waals surface area contributed by atoms with Gasteiger partial charge in [0.05, 0.1) is 22.4 Å². The van der Waals surface area contributed by atoms with E-state index in [1.54, 1.807) is 0 Å². The summed E-state index contributed by atoms with van der Waals surface area (Å²) in [5, 5.41) is 2.44. The number of benzene rings is 4. The van der Waals surface area contributed by atoms with Gasteiger partial charge in [-0.25, -0.2) is 15.0 Å². The summed E-state index contributed by atoms with van der Waals surface area (Å²) in [7, 11) is 0. The minimum Gasteiger partial charge on any atom is -0.467 e. The monoisotopic (exact) mass is 791 g/mol. The van der Waals surface area contributed by atoms with Crippen LogP contribution in [0, 0.1) is 33.1 Å². The molecule has 0 amide bonds. The molecule has 304 valence electrons. The highest BCUT2D eigenvalue weighted by Crippen LogP contribution is 2.61. The first-order valence-electron chi connectivity index (χ1n) is 21.6. The lowest BCUT2D eigenvalue weighted by molar-refractivity contribution is -0.0673. The van der Waals surface area contributed by atoms with Gasteiger partial charge >= 0.3 is 0 Å². The highest BCUT2D eigenvalue weighted by Gasteiger charge is 2.66. The number of ether oxygens (including phenoxy) is 1. The van der Waals surface area contributed by atoms with Gasteiger partial charge in [-0.3, -0.25) is 9.47 Å². The highest BCUT2D eigenvalue weighted by atomic mass is 16.5. The topological polar surface area (TPSA) is 55.5 Å². The molecular formula is C54H57N5O. The predicted molar refractivity (Wildman–Crippen MR) is 248 cm³/mol. The molecule has 0 spiro atoms. The largest absolute Gasteiger partial charge is 0.467 e. The van der Waals surface area contributed by atoms with E-state index in [0.29, 0.717) is 5.90 Å². The lowest BCUT2D eigenvalue weighted by Crippen LogP contribution is -2.54.